The Morgan fingerprint density at radius 2 is 1.12 bits per heavy atom. The van der Waals surface area contributed by atoms with E-state index in [9.17, 15) is 4.79 Å². The van der Waals surface area contributed by atoms with Gasteiger partial charge in [0, 0.05) is 6.42 Å². The predicted molar refractivity (Wildman–Crippen MR) is 110 cm³/mol. The molecule has 0 saturated heterocycles. The Hall–Kier alpha value is -0.154. The van der Waals surface area contributed by atoms with Crippen LogP contribution in [-0.4, -0.2) is 51.7 Å². The number of aliphatic carboxylic acids is 1. The van der Waals surface area contributed by atoms with Crippen LogP contribution in [0.1, 0.15) is 96.8 Å². The first-order chi connectivity index (χ1) is 11.8. The van der Waals surface area contributed by atoms with E-state index < -0.39 is 16.4 Å². The second kappa shape index (κ2) is 22.9. The molecule has 0 aromatic heterocycles. The van der Waals surface area contributed by atoms with Crippen LogP contribution in [0.15, 0.2) is 12.2 Å². The molecule has 0 aliphatic heterocycles. The van der Waals surface area contributed by atoms with Gasteiger partial charge >= 0.3 is 39.4 Å². The maximum Gasteiger partial charge on any atom is 0.394 e. The number of carboxylic acid groups (broad SMARTS) is 1. The van der Waals surface area contributed by atoms with Gasteiger partial charge in [-0.1, -0.05) is 70.4 Å². The molecule has 0 aliphatic carbocycles. The number of allylic oxidation sites excluding steroid dienone is 2. The molecular formula is C18H38MgO6S. The van der Waals surface area contributed by atoms with Crippen molar-refractivity contribution in [1.82, 2.24) is 0 Å². The Morgan fingerprint density at radius 3 is 1.50 bits per heavy atom. The third-order valence-corrected chi connectivity index (χ3v) is 3.65. The molecule has 0 unspecified atom stereocenters. The van der Waals surface area contributed by atoms with Gasteiger partial charge in [-0.3, -0.25) is 13.9 Å². The molecule has 0 saturated carbocycles. The minimum Gasteiger partial charge on any atom is -0.481 e. The van der Waals surface area contributed by atoms with Crippen molar-refractivity contribution in [1.29, 1.82) is 0 Å². The average molecular weight is 407 g/mol. The Bertz CT molecular complexity index is 415. The molecule has 0 bridgehead atoms. The van der Waals surface area contributed by atoms with Crippen molar-refractivity contribution in [2.45, 2.75) is 96.8 Å². The summed E-state index contributed by atoms with van der Waals surface area (Å²) in [7, 11) is -4.67. The minimum atomic E-state index is -4.67. The summed E-state index contributed by atoms with van der Waals surface area (Å²) >= 11 is 0. The average Bonchev–Trinajstić information content (AvgIpc) is 2.49. The summed E-state index contributed by atoms with van der Waals surface area (Å²) < 4.78 is 31.6. The summed E-state index contributed by atoms with van der Waals surface area (Å²) in [4.78, 5) is 10.3. The number of rotatable bonds is 15. The Labute approximate surface area is 175 Å². The largest absolute Gasteiger partial charge is 0.481 e. The Morgan fingerprint density at radius 1 is 0.769 bits per heavy atom. The van der Waals surface area contributed by atoms with Crippen LogP contribution in [0.4, 0.5) is 0 Å². The molecule has 0 aromatic carbocycles. The molecule has 3 N–H and O–H groups in total. The van der Waals surface area contributed by atoms with Crippen LogP contribution in [0.2, 0.25) is 0 Å². The van der Waals surface area contributed by atoms with Crippen molar-refractivity contribution >= 4 is 39.4 Å². The lowest BCUT2D eigenvalue weighted by atomic mass is 10.1. The number of hydrogen-bond donors (Lipinski definition) is 3. The van der Waals surface area contributed by atoms with E-state index in [1.54, 1.807) is 0 Å². The molecular weight excluding hydrogens is 369 g/mol. The zero-order valence-corrected chi connectivity index (χ0v) is 16.3. The van der Waals surface area contributed by atoms with Crippen LogP contribution >= 0.6 is 0 Å². The van der Waals surface area contributed by atoms with Crippen molar-refractivity contribution in [3.05, 3.63) is 12.2 Å². The molecule has 0 heterocycles. The van der Waals surface area contributed by atoms with Gasteiger partial charge in [0.15, 0.2) is 0 Å². The third-order valence-electron chi connectivity index (χ3n) is 3.65. The van der Waals surface area contributed by atoms with Gasteiger partial charge < -0.3 is 5.11 Å². The van der Waals surface area contributed by atoms with Gasteiger partial charge in [-0.25, -0.2) is 0 Å². The number of hydrogen-bond acceptors (Lipinski definition) is 3. The highest BCUT2D eigenvalue weighted by atomic mass is 32.3. The van der Waals surface area contributed by atoms with E-state index in [-0.39, 0.29) is 23.1 Å². The lowest BCUT2D eigenvalue weighted by Crippen LogP contribution is -1.93. The van der Waals surface area contributed by atoms with Crippen molar-refractivity contribution in [2.24, 2.45) is 0 Å². The van der Waals surface area contributed by atoms with E-state index in [1.165, 1.54) is 70.6 Å². The second-order valence-corrected chi connectivity index (χ2v) is 7.07. The van der Waals surface area contributed by atoms with E-state index in [0.29, 0.717) is 6.42 Å². The summed E-state index contributed by atoms with van der Waals surface area (Å²) in [6, 6.07) is 0. The monoisotopic (exact) mass is 406 g/mol. The molecule has 0 amide bonds. The van der Waals surface area contributed by atoms with Crippen LogP contribution in [0.5, 0.6) is 0 Å². The van der Waals surface area contributed by atoms with Crippen LogP contribution in [0, 0.1) is 0 Å². The molecule has 0 aliphatic rings. The fourth-order valence-corrected chi connectivity index (χ4v) is 2.35. The van der Waals surface area contributed by atoms with E-state index >= 15 is 0 Å². The fraction of sp³-hybridized carbons (Fsp3) is 0.833. The van der Waals surface area contributed by atoms with Crippen LogP contribution < -0.4 is 0 Å². The highest BCUT2D eigenvalue weighted by Crippen LogP contribution is 2.09. The SMILES string of the molecule is CCCCCCCCC=CCCCCCCCC(=O)O.O=S(=O)(O)O.[MgH2]. The summed E-state index contributed by atoms with van der Waals surface area (Å²) in [6.07, 6.45) is 21.2. The van der Waals surface area contributed by atoms with Gasteiger partial charge in [0.2, 0.25) is 0 Å². The number of unbranched alkanes of at least 4 members (excludes halogenated alkanes) is 11. The molecule has 6 nitrogen and oxygen atoms in total. The zero-order valence-electron chi connectivity index (χ0n) is 15.5. The van der Waals surface area contributed by atoms with Crippen molar-refractivity contribution in [3.8, 4) is 0 Å². The molecule has 0 spiro atoms. The minimum absolute atomic E-state index is 0. The first-order valence-corrected chi connectivity index (χ1v) is 10.7. The second-order valence-electron chi connectivity index (χ2n) is 6.18. The van der Waals surface area contributed by atoms with Crippen LogP contribution in [-0.2, 0) is 15.2 Å². The molecule has 0 atom stereocenters. The van der Waals surface area contributed by atoms with Crippen molar-refractivity contribution in [2.75, 3.05) is 0 Å². The third kappa shape index (κ3) is 43.9. The van der Waals surface area contributed by atoms with E-state index in [0.717, 1.165) is 12.8 Å². The number of carbonyl (C=O) groups is 1. The topological polar surface area (TPSA) is 112 Å². The molecule has 0 radical (unpaired) electrons. The summed E-state index contributed by atoms with van der Waals surface area (Å²) in [5, 5.41) is 8.51. The molecule has 0 aromatic rings. The fourth-order valence-electron chi connectivity index (χ4n) is 2.35. The van der Waals surface area contributed by atoms with Crippen LogP contribution in [0.25, 0.3) is 0 Å². The maximum atomic E-state index is 10.3. The molecule has 8 heteroatoms. The summed E-state index contributed by atoms with van der Waals surface area (Å²) in [6.45, 7) is 2.26. The Balaban J connectivity index is -0.000000772. The highest BCUT2D eigenvalue weighted by Gasteiger charge is 1.95. The Kier molecular flexibility index (Phi) is 26.9. The van der Waals surface area contributed by atoms with Crippen LogP contribution in [0.3, 0.4) is 0 Å². The van der Waals surface area contributed by atoms with Gasteiger partial charge in [0.1, 0.15) is 0 Å². The molecule has 26 heavy (non-hydrogen) atoms. The van der Waals surface area contributed by atoms with E-state index in [4.69, 9.17) is 22.6 Å². The lowest BCUT2D eigenvalue weighted by molar-refractivity contribution is -0.137. The van der Waals surface area contributed by atoms with Gasteiger partial charge in [-0.15, -0.1) is 0 Å². The van der Waals surface area contributed by atoms with Crippen molar-refractivity contribution in [3.63, 3.8) is 0 Å². The molecule has 0 fully saturated rings. The quantitative estimate of drug-likeness (QED) is 0.159. The summed E-state index contributed by atoms with van der Waals surface area (Å²) in [5.41, 5.74) is 0. The normalized spacial score (nSPS) is 10.9. The summed E-state index contributed by atoms with van der Waals surface area (Å²) in [5.74, 6) is -0.664. The first-order valence-electron chi connectivity index (χ1n) is 9.34. The first kappa shape index (κ1) is 30.6. The van der Waals surface area contributed by atoms with Gasteiger partial charge in [0.05, 0.1) is 0 Å². The zero-order chi connectivity index (χ0) is 19.4. The van der Waals surface area contributed by atoms with Gasteiger partial charge in [-0.05, 0) is 32.1 Å². The van der Waals surface area contributed by atoms with Crippen molar-refractivity contribution < 1.29 is 27.4 Å². The van der Waals surface area contributed by atoms with E-state index in [1.807, 2.05) is 0 Å². The molecule has 0 rings (SSSR count). The van der Waals surface area contributed by atoms with E-state index in [2.05, 4.69) is 19.1 Å². The van der Waals surface area contributed by atoms with Gasteiger partial charge in [0.25, 0.3) is 0 Å². The lowest BCUT2D eigenvalue weighted by Gasteiger charge is -1.99. The smallest absolute Gasteiger partial charge is 0.394 e. The maximum absolute atomic E-state index is 10.3. The standard InChI is InChI=1S/C18H34O2.Mg.H2O4S.2H/c1-2-3-4-5-6-7-8-9-10-11-12-13-14-15-16-17-18(19)20;;1-5(2,3)4;;/h9-10H,2-8,11-17H2,1H3,(H,19,20);;(H2,1,2,3,4);;. The highest BCUT2D eigenvalue weighted by molar-refractivity contribution is 7.79. The number of carboxylic acids is 1. The molecule has 154 valence electrons. The predicted octanol–water partition coefficient (Wildman–Crippen LogP) is 4.54. The van der Waals surface area contributed by atoms with Gasteiger partial charge in [-0.2, -0.15) is 8.42 Å².